The number of hydroxylamine groups is 1. The van der Waals surface area contributed by atoms with Crippen molar-refractivity contribution in [1.29, 1.82) is 0 Å². The minimum atomic E-state index is -2.87. The highest BCUT2D eigenvalue weighted by atomic mass is 31.1. The van der Waals surface area contributed by atoms with Crippen molar-refractivity contribution >= 4 is 13.6 Å². The maximum atomic E-state index is 10.2. The monoisotopic (exact) mass is 197 g/mol. The third kappa shape index (κ3) is 3.59. The summed E-state index contributed by atoms with van der Waals surface area (Å²) in [7, 11) is -2.87. The summed E-state index contributed by atoms with van der Waals surface area (Å²) < 4.78 is 20.1. The Balaban J connectivity index is 4.21. The van der Waals surface area contributed by atoms with Crippen molar-refractivity contribution in [3.05, 3.63) is 0 Å². The third-order valence-corrected chi connectivity index (χ3v) is 1.80. The highest BCUT2D eigenvalue weighted by Crippen LogP contribution is 2.08. The van der Waals surface area contributed by atoms with Crippen molar-refractivity contribution in [2.75, 3.05) is 6.16 Å². The summed E-state index contributed by atoms with van der Waals surface area (Å²) in [5, 5.41) is 25.3. The second-order valence-electron chi connectivity index (χ2n) is 2.03. The van der Waals surface area contributed by atoms with Gasteiger partial charge in [0, 0.05) is 0 Å². The Morgan fingerprint density at radius 1 is 1.50 bits per heavy atom. The topological polar surface area (TPSA) is 124 Å². The van der Waals surface area contributed by atoms with Crippen LogP contribution >= 0.6 is 7.68 Å². The lowest BCUT2D eigenvalue weighted by molar-refractivity contribution is -0.145. The summed E-state index contributed by atoms with van der Waals surface area (Å²) in [5.74, 6) is -1.53. The Morgan fingerprint density at radius 2 is 2.00 bits per heavy atom. The molecule has 8 heteroatoms. The van der Waals surface area contributed by atoms with Gasteiger partial charge in [0.2, 0.25) is 0 Å². The molecule has 0 aliphatic carbocycles. The molecule has 0 bridgehead atoms. The fourth-order valence-corrected chi connectivity index (χ4v) is 1.08. The van der Waals surface area contributed by atoms with Crippen molar-refractivity contribution in [2.45, 2.75) is 12.1 Å². The normalized spacial score (nSPS) is 15.2. The second kappa shape index (κ2) is 5.00. The van der Waals surface area contributed by atoms with E-state index >= 15 is 0 Å². The average Bonchev–Trinajstić information content (AvgIpc) is 1.85. The van der Waals surface area contributed by atoms with Gasteiger partial charge in [0.15, 0.2) is 6.04 Å². The molecule has 0 radical (unpaired) electrons. The van der Waals surface area contributed by atoms with Gasteiger partial charge in [0.1, 0.15) is 0 Å². The summed E-state index contributed by atoms with van der Waals surface area (Å²) >= 11 is 0. The first-order valence-corrected chi connectivity index (χ1v) is 4.27. The summed E-state index contributed by atoms with van der Waals surface area (Å²) in [6.07, 6.45) is -2.37. The third-order valence-electron chi connectivity index (χ3n) is 1.13. The lowest BCUT2D eigenvalue weighted by Crippen LogP contribution is -2.45. The molecule has 0 aromatic carbocycles. The van der Waals surface area contributed by atoms with E-state index in [4.69, 9.17) is 15.4 Å². The van der Waals surface area contributed by atoms with Gasteiger partial charge in [-0.1, -0.05) is 0 Å². The number of aliphatic hydroxyl groups is 1. The van der Waals surface area contributed by atoms with E-state index in [1.54, 1.807) is 0 Å². The summed E-state index contributed by atoms with van der Waals surface area (Å²) in [4.78, 5) is 10.2. The molecule has 4 N–H and O–H groups in total. The Labute approximate surface area is 67.8 Å². The van der Waals surface area contributed by atoms with Crippen LogP contribution in [0.3, 0.4) is 0 Å². The van der Waals surface area contributed by atoms with Crippen LogP contribution in [0.2, 0.25) is 0 Å². The number of carboxylic acid groups (broad SMARTS) is 1. The molecule has 0 aromatic heterocycles. The van der Waals surface area contributed by atoms with Crippen molar-refractivity contribution in [3.8, 4) is 0 Å². The van der Waals surface area contributed by atoms with Gasteiger partial charge < -0.3 is 15.4 Å². The van der Waals surface area contributed by atoms with Crippen LogP contribution in [0.4, 0.5) is 0 Å². The molecule has 0 heterocycles. The smallest absolute Gasteiger partial charge is 0.325 e. The number of carbonyl (C=O) groups is 1. The Kier molecular flexibility index (Phi) is 4.68. The van der Waals surface area contributed by atoms with Crippen molar-refractivity contribution in [1.82, 2.24) is 5.48 Å². The molecular formula is C4H8NO6P. The Morgan fingerprint density at radius 3 is 2.25 bits per heavy atom. The van der Waals surface area contributed by atoms with Crippen LogP contribution < -0.4 is 5.48 Å². The van der Waals surface area contributed by atoms with Gasteiger partial charge in [-0.2, -0.15) is 5.48 Å². The van der Waals surface area contributed by atoms with E-state index in [9.17, 15) is 13.9 Å². The van der Waals surface area contributed by atoms with E-state index in [-0.39, 0.29) is 0 Å². The molecular weight excluding hydrogens is 189 g/mol. The van der Waals surface area contributed by atoms with Crippen molar-refractivity contribution < 1.29 is 29.3 Å². The molecule has 0 unspecified atom stereocenters. The van der Waals surface area contributed by atoms with E-state index in [1.165, 1.54) is 5.48 Å². The predicted octanol–water partition coefficient (Wildman–Crippen LogP) is -1.05. The SMILES string of the molecule is O=C(O)[C@@H](NO)[C@H](O)CP(=O)=O. The standard InChI is InChI=1S/C4H8NO6P/c6-2(1-12(10)11)3(5-9)4(7)8/h2-3,5-6,9H,1H2,(H,7,8)/t2-,3+/m1/s1. The van der Waals surface area contributed by atoms with Gasteiger partial charge >= 0.3 is 13.6 Å². The average molecular weight is 197 g/mol. The molecule has 0 saturated carbocycles. The number of carboxylic acids is 1. The maximum absolute atomic E-state index is 10.2. The minimum Gasteiger partial charge on any atom is -0.480 e. The zero-order chi connectivity index (χ0) is 9.72. The molecule has 0 amide bonds. The first-order chi connectivity index (χ1) is 5.49. The summed E-state index contributed by atoms with van der Waals surface area (Å²) in [6.45, 7) is 0. The predicted molar refractivity (Wildman–Crippen MR) is 35.5 cm³/mol. The maximum Gasteiger partial charge on any atom is 0.325 e. The molecule has 0 fully saturated rings. The number of hydrogen-bond acceptors (Lipinski definition) is 6. The van der Waals surface area contributed by atoms with Crippen LogP contribution in [0, 0.1) is 0 Å². The Hall–Kier alpha value is -0.750. The zero-order valence-corrected chi connectivity index (χ0v) is 6.77. The van der Waals surface area contributed by atoms with Crippen LogP contribution in [0.25, 0.3) is 0 Å². The first kappa shape index (κ1) is 11.2. The minimum absolute atomic E-state index is 0.708. The van der Waals surface area contributed by atoms with Crippen LogP contribution in [0.1, 0.15) is 0 Å². The van der Waals surface area contributed by atoms with E-state index in [1.807, 2.05) is 0 Å². The highest BCUT2D eigenvalue weighted by molar-refractivity contribution is 7.30. The van der Waals surface area contributed by atoms with Crippen LogP contribution in [-0.4, -0.2) is 39.7 Å². The number of rotatable bonds is 5. The lowest BCUT2D eigenvalue weighted by Gasteiger charge is -2.13. The molecule has 70 valence electrons. The number of aliphatic carboxylic acids is 1. The largest absolute Gasteiger partial charge is 0.480 e. The molecule has 0 rings (SSSR count). The lowest BCUT2D eigenvalue weighted by atomic mass is 10.2. The molecule has 2 atom stereocenters. The van der Waals surface area contributed by atoms with Gasteiger partial charge in [-0.3, -0.25) is 4.79 Å². The first-order valence-electron chi connectivity index (χ1n) is 2.91. The van der Waals surface area contributed by atoms with E-state index in [0.29, 0.717) is 0 Å². The number of nitrogens with one attached hydrogen (secondary N) is 1. The highest BCUT2D eigenvalue weighted by Gasteiger charge is 2.26. The van der Waals surface area contributed by atoms with E-state index < -0.39 is 32.0 Å². The number of aliphatic hydroxyl groups excluding tert-OH is 1. The van der Waals surface area contributed by atoms with Crippen LogP contribution in [0.15, 0.2) is 0 Å². The van der Waals surface area contributed by atoms with E-state index in [2.05, 4.69) is 0 Å². The zero-order valence-electron chi connectivity index (χ0n) is 5.88. The molecule has 0 saturated heterocycles. The van der Waals surface area contributed by atoms with Crippen molar-refractivity contribution in [2.24, 2.45) is 0 Å². The molecule has 7 nitrogen and oxygen atoms in total. The van der Waals surface area contributed by atoms with Crippen molar-refractivity contribution in [3.63, 3.8) is 0 Å². The molecule has 0 spiro atoms. The molecule has 0 aliphatic rings. The van der Waals surface area contributed by atoms with Gasteiger partial charge in [-0.25, -0.2) is 9.13 Å². The molecule has 0 aromatic rings. The van der Waals surface area contributed by atoms with Gasteiger partial charge in [-0.15, -0.1) is 0 Å². The summed E-state index contributed by atoms with van der Waals surface area (Å²) in [5.41, 5.74) is 1.29. The Bertz CT molecular complexity index is 218. The van der Waals surface area contributed by atoms with Gasteiger partial charge in [0.05, 0.1) is 12.3 Å². The van der Waals surface area contributed by atoms with Crippen LogP contribution in [0.5, 0.6) is 0 Å². The van der Waals surface area contributed by atoms with Gasteiger partial charge in [-0.05, 0) is 0 Å². The van der Waals surface area contributed by atoms with E-state index in [0.717, 1.165) is 0 Å². The fraction of sp³-hybridized carbons (Fsp3) is 0.750. The fourth-order valence-electron chi connectivity index (χ4n) is 0.564. The molecule has 0 aliphatic heterocycles. The molecule has 12 heavy (non-hydrogen) atoms. The van der Waals surface area contributed by atoms with Gasteiger partial charge in [0.25, 0.3) is 0 Å². The van der Waals surface area contributed by atoms with Crippen LogP contribution in [-0.2, 0) is 13.9 Å². The quantitative estimate of drug-likeness (QED) is 0.327. The number of hydrogen-bond donors (Lipinski definition) is 4. The second-order valence-corrected chi connectivity index (χ2v) is 3.06. The summed E-state index contributed by atoms with van der Waals surface area (Å²) in [6, 6.07) is -1.68.